The molecule has 1 unspecified atom stereocenters. The van der Waals surface area contributed by atoms with Gasteiger partial charge in [0.2, 0.25) is 0 Å². The van der Waals surface area contributed by atoms with E-state index in [0.29, 0.717) is 6.04 Å². The van der Waals surface area contributed by atoms with Crippen LogP contribution < -0.4 is 5.32 Å². The van der Waals surface area contributed by atoms with Gasteiger partial charge in [0, 0.05) is 18.2 Å². The Labute approximate surface area is 77.2 Å². The van der Waals surface area contributed by atoms with Gasteiger partial charge in [-0.2, -0.15) is 0 Å². The molecule has 0 saturated carbocycles. The van der Waals surface area contributed by atoms with Crippen molar-refractivity contribution in [2.75, 3.05) is 6.54 Å². The van der Waals surface area contributed by atoms with Crippen LogP contribution in [0.2, 0.25) is 0 Å². The molecule has 0 spiro atoms. The third kappa shape index (κ3) is 2.25. The summed E-state index contributed by atoms with van der Waals surface area (Å²) < 4.78 is 12.5. The van der Waals surface area contributed by atoms with Crippen molar-refractivity contribution in [3.63, 3.8) is 0 Å². The van der Waals surface area contributed by atoms with Crippen molar-refractivity contribution < 1.29 is 4.39 Å². The summed E-state index contributed by atoms with van der Waals surface area (Å²) in [6.45, 7) is 1.10. The second-order valence-electron chi connectivity index (χ2n) is 3.47. The van der Waals surface area contributed by atoms with Gasteiger partial charge >= 0.3 is 0 Å². The lowest BCUT2D eigenvalue weighted by Crippen LogP contribution is -2.23. The third-order valence-corrected chi connectivity index (χ3v) is 2.41. The van der Waals surface area contributed by atoms with Crippen LogP contribution in [0.4, 0.5) is 4.39 Å². The van der Waals surface area contributed by atoms with Gasteiger partial charge in [-0.3, -0.25) is 4.98 Å². The highest BCUT2D eigenvalue weighted by Crippen LogP contribution is 2.10. The molecule has 1 saturated heterocycles. The lowest BCUT2D eigenvalue weighted by Gasteiger charge is -2.08. The fourth-order valence-corrected chi connectivity index (χ4v) is 1.71. The van der Waals surface area contributed by atoms with Crippen molar-refractivity contribution in [2.24, 2.45) is 0 Å². The number of pyridine rings is 1. The average molecular weight is 180 g/mol. The number of aromatic nitrogens is 1. The molecule has 1 fully saturated rings. The van der Waals surface area contributed by atoms with Crippen LogP contribution in [0.1, 0.15) is 18.5 Å². The van der Waals surface area contributed by atoms with Crippen molar-refractivity contribution in [1.29, 1.82) is 0 Å². The number of hydrogen-bond donors (Lipinski definition) is 1. The summed E-state index contributed by atoms with van der Waals surface area (Å²) in [5.74, 6) is -0.261. The van der Waals surface area contributed by atoms with Gasteiger partial charge in [-0.25, -0.2) is 4.39 Å². The summed E-state index contributed by atoms with van der Waals surface area (Å²) in [5.41, 5.74) is 0.973. The van der Waals surface area contributed by atoms with Gasteiger partial charge in [0.05, 0.1) is 6.20 Å². The van der Waals surface area contributed by atoms with Gasteiger partial charge < -0.3 is 5.32 Å². The number of rotatable bonds is 2. The molecule has 3 heteroatoms. The van der Waals surface area contributed by atoms with E-state index in [4.69, 9.17) is 0 Å². The predicted octanol–water partition coefficient (Wildman–Crippen LogP) is 1.52. The van der Waals surface area contributed by atoms with E-state index in [0.717, 1.165) is 18.7 Å². The molecule has 13 heavy (non-hydrogen) atoms. The molecule has 70 valence electrons. The summed E-state index contributed by atoms with van der Waals surface area (Å²) in [6, 6.07) is 3.77. The summed E-state index contributed by atoms with van der Waals surface area (Å²) in [4.78, 5) is 4.03. The maximum atomic E-state index is 12.5. The first-order valence-corrected chi connectivity index (χ1v) is 4.68. The molecule has 0 aliphatic carbocycles. The first-order valence-electron chi connectivity index (χ1n) is 4.68. The molecule has 1 aliphatic heterocycles. The second kappa shape index (κ2) is 3.83. The van der Waals surface area contributed by atoms with Gasteiger partial charge in [-0.05, 0) is 31.5 Å². The Hall–Kier alpha value is -0.960. The smallest absolute Gasteiger partial charge is 0.141 e. The normalized spacial score (nSPS) is 22.1. The zero-order valence-corrected chi connectivity index (χ0v) is 7.46. The molecule has 0 aromatic carbocycles. The van der Waals surface area contributed by atoms with Crippen LogP contribution in [-0.4, -0.2) is 17.6 Å². The Kier molecular flexibility index (Phi) is 2.54. The Morgan fingerprint density at radius 1 is 1.54 bits per heavy atom. The lowest BCUT2D eigenvalue weighted by molar-refractivity contribution is 0.586. The summed E-state index contributed by atoms with van der Waals surface area (Å²) in [6.07, 6.45) is 4.65. The van der Waals surface area contributed by atoms with Crippen molar-refractivity contribution in [1.82, 2.24) is 10.3 Å². The van der Waals surface area contributed by atoms with Crippen molar-refractivity contribution in [3.8, 4) is 0 Å². The zero-order chi connectivity index (χ0) is 9.10. The van der Waals surface area contributed by atoms with Gasteiger partial charge in [0.25, 0.3) is 0 Å². The predicted molar refractivity (Wildman–Crippen MR) is 48.9 cm³/mol. The van der Waals surface area contributed by atoms with Crippen LogP contribution in [0.3, 0.4) is 0 Å². The topological polar surface area (TPSA) is 24.9 Å². The molecule has 1 aromatic rings. The molecule has 2 rings (SSSR count). The highest BCUT2D eigenvalue weighted by molar-refractivity contribution is 5.07. The Balaban J connectivity index is 1.97. The monoisotopic (exact) mass is 180 g/mol. The molecule has 1 aromatic heterocycles. The zero-order valence-electron chi connectivity index (χ0n) is 7.46. The molecule has 1 aliphatic rings. The molecule has 2 heterocycles. The van der Waals surface area contributed by atoms with Crippen LogP contribution in [0.25, 0.3) is 0 Å². The fourth-order valence-electron chi connectivity index (χ4n) is 1.71. The molecule has 0 bridgehead atoms. The minimum atomic E-state index is -0.261. The van der Waals surface area contributed by atoms with Crippen LogP contribution in [0, 0.1) is 5.82 Å². The highest BCUT2D eigenvalue weighted by Gasteiger charge is 2.14. The SMILES string of the molecule is Fc1ccc(CC2CCCN2)nc1. The van der Waals surface area contributed by atoms with Crippen LogP contribution in [0.15, 0.2) is 18.3 Å². The molecule has 0 amide bonds. The lowest BCUT2D eigenvalue weighted by atomic mass is 10.1. The number of halogens is 1. The maximum absolute atomic E-state index is 12.5. The highest BCUT2D eigenvalue weighted by atomic mass is 19.1. The molecule has 0 radical (unpaired) electrons. The van der Waals surface area contributed by atoms with E-state index in [1.165, 1.54) is 25.1 Å². The molecular weight excluding hydrogens is 167 g/mol. The van der Waals surface area contributed by atoms with E-state index < -0.39 is 0 Å². The quantitative estimate of drug-likeness (QED) is 0.746. The standard InChI is InChI=1S/C10H13FN2/c11-8-3-4-10(13-7-8)6-9-2-1-5-12-9/h3-4,7,9,12H,1-2,5-6H2. The van der Waals surface area contributed by atoms with Crippen molar-refractivity contribution in [2.45, 2.75) is 25.3 Å². The van der Waals surface area contributed by atoms with Crippen molar-refractivity contribution in [3.05, 3.63) is 29.8 Å². The van der Waals surface area contributed by atoms with Gasteiger partial charge in [-0.1, -0.05) is 0 Å². The van der Waals surface area contributed by atoms with E-state index in [2.05, 4.69) is 10.3 Å². The minimum absolute atomic E-state index is 0.261. The molecule has 1 N–H and O–H groups in total. The maximum Gasteiger partial charge on any atom is 0.141 e. The van der Waals surface area contributed by atoms with E-state index >= 15 is 0 Å². The average Bonchev–Trinajstić information content (AvgIpc) is 2.62. The van der Waals surface area contributed by atoms with E-state index in [1.54, 1.807) is 6.07 Å². The molecular formula is C10H13FN2. The molecule has 1 atom stereocenters. The Morgan fingerprint density at radius 3 is 3.08 bits per heavy atom. The van der Waals surface area contributed by atoms with Gasteiger partial charge in [0.1, 0.15) is 5.82 Å². The van der Waals surface area contributed by atoms with Gasteiger partial charge in [-0.15, -0.1) is 0 Å². The van der Waals surface area contributed by atoms with E-state index in [9.17, 15) is 4.39 Å². The summed E-state index contributed by atoms with van der Waals surface area (Å²) >= 11 is 0. The second-order valence-corrected chi connectivity index (χ2v) is 3.47. The van der Waals surface area contributed by atoms with Crippen LogP contribution >= 0.6 is 0 Å². The van der Waals surface area contributed by atoms with Crippen LogP contribution in [-0.2, 0) is 6.42 Å². The van der Waals surface area contributed by atoms with E-state index in [-0.39, 0.29) is 5.82 Å². The minimum Gasteiger partial charge on any atom is -0.314 e. The largest absolute Gasteiger partial charge is 0.314 e. The fraction of sp³-hybridized carbons (Fsp3) is 0.500. The number of nitrogens with one attached hydrogen (secondary N) is 1. The Morgan fingerprint density at radius 2 is 2.46 bits per heavy atom. The van der Waals surface area contributed by atoms with Gasteiger partial charge in [0.15, 0.2) is 0 Å². The number of nitrogens with zero attached hydrogens (tertiary/aromatic N) is 1. The van der Waals surface area contributed by atoms with E-state index in [1.807, 2.05) is 0 Å². The molecule has 2 nitrogen and oxygen atoms in total. The first-order chi connectivity index (χ1) is 6.34. The van der Waals surface area contributed by atoms with Crippen molar-refractivity contribution >= 4 is 0 Å². The van der Waals surface area contributed by atoms with Crippen LogP contribution in [0.5, 0.6) is 0 Å². The summed E-state index contributed by atoms with van der Waals surface area (Å²) in [5, 5.41) is 3.39. The third-order valence-electron chi connectivity index (χ3n) is 2.41. The Bertz CT molecular complexity index is 265. The first kappa shape index (κ1) is 8.63. The number of hydrogen-bond acceptors (Lipinski definition) is 2. The summed E-state index contributed by atoms with van der Waals surface area (Å²) in [7, 11) is 0.